The van der Waals surface area contributed by atoms with E-state index in [2.05, 4.69) is 136 Å². The molecule has 2 amide bonds. The van der Waals surface area contributed by atoms with Crippen molar-refractivity contribution >= 4 is 105 Å². The number of likely N-dealkylation sites (N-methyl/N-ethyl adjacent to an activating group) is 1. The van der Waals surface area contributed by atoms with Gasteiger partial charge in [-0.25, -0.2) is 56.8 Å². The van der Waals surface area contributed by atoms with Gasteiger partial charge in [-0.2, -0.15) is 8.42 Å². The highest BCUT2D eigenvalue weighted by atomic mass is 32.2. The monoisotopic (exact) mass is 1860 g/mol. The maximum absolute atomic E-state index is 11.1. The Labute approximate surface area is 722 Å². The van der Waals surface area contributed by atoms with E-state index in [0.29, 0.717) is 99.7 Å². The van der Waals surface area contributed by atoms with Crippen LogP contribution in [-0.2, 0) is 156 Å². The average Bonchev–Trinajstić information content (AvgIpc) is 1.32. The van der Waals surface area contributed by atoms with Crippen molar-refractivity contribution in [3.63, 3.8) is 0 Å². The molecule has 3 atom stereocenters. The van der Waals surface area contributed by atoms with E-state index in [0.717, 1.165) is 38.0 Å². The number of phosphoric ester groups is 3. The smallest absolute Gasteiger partial charge is 0.469 e. The van der Waals surface area contributed by atoms with E-state index in [1.54, 1.807) is 41.8 Å². The second-order valence-electron chi connectivity index (χ2n) is 25.4. The number of carbonyl (C=O) groups excluding carboxylic acids is 11. The summed E-state index contributed by atoms with van der Waals surface area (Å²) >= 11 is 0. The molecule has 0 aromatic carbocycles. The molecule has 11 N–H and O–H groups in total. The molecule has 712 valence electrons. The lowest BCUT2D eigenvalue weighted by atomic mass is 9.84. The van der Waals surface area contributed by atoms with E-state index in [1.807, 2.05) is 0 Å². The van der Waals surface area contributed by atoms with Crippen LogP contribution in [0, 0.1) is 16.7 Å². The summed E-state index contributed by atoms with van der Waals surface area (Å²) in [6.45, 7) is 61.0. The maximum atomic E-state index is 11.1. The normalized spacial score (nSPS) is 14.1. The SMILES string of the molecule is C=C(C)C(=O)OCC(C)OP(=O)(O)O.C=C(C)C(=O)OCC1(CC)COC1.C=C(C)C(=O)OCC1CCOC1.C=C(C)C(=O)OCC1CO1.C=C(C)C(=O)OCCO.C=C(C)C(=O)OCCOP(=O)(O)O.C=C(C)C(=O)OCCOP(=O)(O)O.C=CC(=O)N(C)C.C=CC(=O)OCC1(CC)COC1.C=CC(=O)OCCC(=O)O.C=CC(N)=O.C=CS(=O)(=O)O. The summed E-state index contributed by atoms with van der Waals surface area (Å²) in [5.74, 6) is -5.35. The van der Waals surface area contributed by atoms with Gasteiger partial charge in [-0.05, 0) is 86.8 Å². The molecule has 4 rings (SSSR count). The molecule has 0 spiro atoms. The minimum Gasteiger partial charge on any atom is -0.481 e. The van der Waals surface area contributed by atoms with Gasteiger partial charge in [0.1, 0.15) is 65.1 Å². The summed E-state index contributed by atoms with van der Waals surface area (Å²) in [6.07, 6.45) is 6.57. The summed E-state index contributed by atoms with van der Waals surface area (Å²) in [5.41, 5.74) is 7.03. The number of aliphatic hydroxyl groups excluding tert-OH is 1. The van der Waals surface area contributed by atoms with E-state index < -0.39 is 81.4 Å². The van der Waals surface area contributed by atoms with Crippen LogP contribution in [0.2, 0.25) is 0 Å². The quantitative estimate of drug-likeness (QED) is 0.00683. The summed E-state index contributed by atoms with van der Waals surface area (Å²) in [6, 6.07) is 0. The molecular formula is C76H125N2O42P3S. The molecule has 0 aliphatic carbocycles. The molecule has 4 fully saturated rings. The van der Waals surface area contributed by atoms with Crippen molar-refractivity contribution in [3.8, 4) is 0 Å². The van der Waals surface area contributed by atoms with Crippen molar-refractivity contribution in [3.05, 3.63) is 148 Å². The number of esters is 9. The topological polar surface area (TPSA) is 653 Å². The average molecular weight is 1860 g/mol. The zero-order valence-corrected chi connectivity index (χ0v) is 75.6. The lowest BCUT2D eigenvalue weighted by Crippen LogP contribution is -2.46. The molecule has 0 saturated carbocycles. The Morgan fingerprint density at radius 1 is 0.500 bits per heavy atom. The summed E-state index contributed by atoms with van der Waals surface area (Å²) in [4.78, 5) is 177. The van der Waals surface area contributed by atoms with E-state index in [9.17, 15) is 79.6 Å². The van der Waals surface area contributed by atoms with Gasteiger partial charge in [0.2, 0.25) is 11.8 Å². The number of amides is 2. The van der Waals surface area contributed by atoms with Gasteiger partial charge in [0.25, 0.3) is 10.1 Å². The van der Waals surface area contributed by atoms with Gasteiger partial charge < -0.3 is 112 Å². The molecule has 0 bridgehead atoms. The van der Waals surface area contributed by atoms with Gasteiger partial charge in [0.15, 0.2) is 0 Å². The molecule has 4 aliphatic rings. The lowest BCUT2D eigenvalue weighted by Gasteiger charge is -2.39. The molecular weight excluding hydrogens is 1740 g/mol. The number of aliphatic hydroxyl groups is 1. The summed E-state index contributed by atoms with van der Waals surface area (Å²) < 4.78 is 132. The van der Waals surface area contributed by atoms with Gasteiger partial charge in [-0.1, -0.05) is 92.8 Å². The summed E-state index contributed by atoms with van der Waals surface area (Å²) in [7, 11) is -14.0. The first-order valence-electron chi connectivity index (χ1n) is 36.0. The van der Waals surface area contributed by atoms with E-state index in [4.69, 9.17) is 82.0 Å². The van der Waals surface area contributed by atoms with Gasteiger partial charge in [-0.15, -0.1) is 0 Å². The van der Waals surface area contributed by atoms with Crippen LogP contribution in [0.1, 0.15) is 94.9 Å². The molecule has 44 nitrogen and oxygen atoms in total. The number of phosphoric acid groups is 3. The van der Waals surface area contributed by atoms with Crippen LogP contribution in [0.25, 0.3) is 0 Å². The first-order chi connectivity index (χ1) is 56.9. The first-order valence-corrected chi connectivity index (χ1v) is 42.1. The molecule has 4 saturated heterocycles. The Morgan fingerprint density at radius 3 is 1.10 bits per heavy atom. The number of ether oxygens (including phenoxy) is 13. The van der Waals surface area contributed by atoms with Gasteiger partial charge in [-0.3, -0.25) is 32.5 Å². The number of nitrogens with two attached hydrogens (primary N) is 1. The zero-order valence-electron chi connectivity index (χ0n) is 72.1. The Morgan fingerprint density at radius 2 is 0.839 bits per heavy atom. The minimum atomic E-state index is -4.52. The molecule has 0 aromatic heterocycles. The Kier molecular flexibility index (Phi) is 77.5. The summed E-state index contributed by atoms with van der Waals surface area (Å²) in [5, 5.41) is 16.7. The van der Waals surface area contributed by atoms with Gasteiger partial charge in [0, 0.05) is 77.8 Å². The largest absolute Gasteiger partial charge is 0.481 e. The van der Waals surface area contributed by atoms with Crippen LogP contribution >= 0.6 is 23.5 Å². The van der Waals surface area contributed by atoms with E-state index in [1.165, 1.54) is 44.7 Å². The molecule has 0 aromatic rings. The first kappa shape index (κ1) is 130. The second kappa shape index (κ2) is 73.9. The van der Waals surface area contributed by atoms with Crippen LogP contribution in [-0.4, -0.2) is 281 Å². The fourth-order valence-corrected chi connectivity index (χ4v) is 6.98. The number of epoxide rings is 1. The van der Waals surface area contributed by atoms with Crippen LogP contribution < -0.4 is 5.73 Å². The number of carboxylic acids is 1. The molecule has 0 radical (unpaired) electrons. The van der Waals surface area contributed by atoms with Gasteiger partial charge >= 0.3 is 83.2 Å². The van der Waals surface area contributed by atoms with E-state index in [-0.39, 0.29) is 123 Å². The van der Waals surface area contributed by atoms with Crippen LogP contribution in [0.4, 0.5) is 0 Å². The van der Waals surface area contributed by atoms with Crippen LogP contribution in [0.15, 0.2) is 148 Å². The number of hydrogen-bond acceptors (Lipinski definition) is 34. The third-order valence-corrected chi connectivity index (χ3v) is 15.1. The minimum absolute atomic E-state index is 0.0473. The number of carbonyl (C=O) groups is 12. The number of aliphatic carboxylic acids is 1. The van der Waals surface area contributed by atoms with Crippen molar-refractivity contribution in [2.45, 2.75) is 107 Å². The standard InChI is InChI=1S/C10H16O3.2C9H14O3.C7H13O6P.C7H10O3.2C6H11O6P.C6H8O4.C6H10O3.C5H9NO.C3H5NO.C2H4O3S/c1-4-10(5-12-6-10)7-13-9(11)8(2)3;1-7(2)9(10)12-6-8-3-4-11-5-8;1-3-8(10)12-7-9(4-2)5-11-6-9;1-5(2)7(8)12-4-6(3)13-14(9,10)11;1-5(2)7(8)10-4-6-3-9-6;2*1-5(2)6(7)11-3-4-12-13(8,9)10;1-2-6(9)10-4-3-5(7)8;1-5(2)6(8)9-4-3-7;1-4-5(7)6(2)3;1-2-3(4)5;1-2-6(3,4)5/h2,4-7H2,1,3H3;8H,1,3-6H2,2H3;3H,1,4-7H2,2H3;6H,1,4H2,2-3H3,(H2,9,10,11);6H,1,3-4H2,2H3;2*1,3-4H2,2H3,(H2,8,9,10);2H,1,3-4H2,(H,7,8);7H,1,3-4H2,2H3;4H,1H2,2-3H3;2H,1H2,(H2,4,5);2H,1H2,(H,3,4,5). The highest BCUT2D eigenvalue weighted by Crippen LogP contribution is 2.38. The molecule has 4 aliphatic heterocycles. The van der Waals surface area contributed by atoms with E-state index >= 15 is 0 Å². The maximum Gasteiger partial charge on any atom is 0.469 e. The molecule has 124 heavy (non-hydrogen) atoms. The number of carboxylic acid groups (broad SMARTS) is 1. The fourth-order valence-electron chi connectivity index (χ4n) is 5.82. The van der Waals surface area contributed by atoms with Crippen LogP contribution in [0.5, 0.6) is 0 Å². The highest BCUT2D eigenvalue weighted by Gasteiger charge is 2.39. The van der Waals surface area contributed by atoms with Crippen molar-refractivity contribution < 1.29 is 199 Å². The predicted molar refractivity (Wildman–Crippen MR) is 446 cm³/mol. The Bertz CT molecular complexity index is 3650. The number of nitrogens with zero attached hydrogens (tertiary/aromatic N) is 1. The predicted octanol–water partition coefficient (Wildman–Crippen LogP) is 5.58. The van der Waals surface area contributed by atoms with Crippen molar-refractivity contribution in [2.24, 2.45) is 22.5 Å². The third-order valence-electron chi connectivity index (χ3n) is 13.0. The molecule has 48 heteroatoms. The number of hydrogen-bond donors (Lipinski definition) is 10. The van der Waals surface area contributed by atoms with Crippen molar-refractivity contribution in [1.82, 2.24) is 4.90 Å². The van der Waals surface area contributed by atoms with Crippen molar-refractivity contribution in [1.29, 1.82) is 0 Å². The highest BCUT2D eigenvalue weighted by molar-refractivity contribution is 7.88. The molecule has 3 unspecified atom stereocenters. The number of primary amides is 1. The lowest BCUT2D eigenvalue weighted by molar-refractivity contribution is -0.167. The van der Waals surface area contributed by atoms with Gasteiger partial charge in [0.05, 0.1) is 88.7 Å². The zero-order chi connectivity index (χ0) is 98.4. The Balaban J connectivity index is -0.000000199. The third kappa shape index (κ3) is 91.8. The number of rotatable bonds is 39. The fraction of sp³-hybridized carbons (Fsp3) is 0.526. The molecule has 4 heterocycles. The Hall–Kier alpha value is -9.44. The van der Waals surface area contributed by atoms with Crippen molar-refractivity contribution in [2.75, 3.05) is 140 Å². The van der Waals surface area contributed by atoms with Crippen LogP contribution in [0.3, 0.4) is 0 Å². The second-order valence-corrected chi connectivity index (χ2v) is 30.5.